The molecule has 1 aliphatic rings. The Balaban J connectivity index is 1.71. The van der Waals surface area contributed by atoms with Gasteiger partial charge in [0.15, 0.2) is 0 Å². The second-order valence-corrected chi connectivity index (χ2v) is 4.36. The second-order valence-electron chi connectivity index (χ2n) is 4.36. The van der Waals surface area contributed by atoms with Crippen LogP contribution in [0.25, 0.3) is 0 Å². The van der Waals surface area contributed by atoms with Gasteiger partial charge >= 0.3 is 0 Å². The number of Topliss-reactive ketones (excluding diaryl/α,β-unsaturated/α-hetero) is 1. The fraction of sp³-hybridized carbons (Fsp3) is 0.500. The van der Waals surface area contributed by atoms with Crippen molar-refractivity contribution in [3.63, 3.8) is 0 Å². The highest BCUT2D eigenvalue weighted by molar-refractivity contribution is 5.79. The minimum Gasteiger partial charge on any atom is -0.378 e. The van der Waals surface area contributed by atoms with Crippen LogP contribution in [0.1, 0.15) is 31.2 Å². The number of hydrogen-bond donors (Lipinski definition) is 0. The van der Waals surface area contributed by atoms with Crippen LogP contribution < -0.4 is 0 Å². The van der Waals surface area contributed by atoms with E-state index in [0.717, 1.165) is 25.9 Å². The van der Waals surface area contributed by atoms with Crippen LogP contribution in [-0.2, 0) is 16.0 Å². The molecule has 0 bridgehead atoms. The molecule has 16 heavy (non-hydrogen) atoms. The summed E-state index contributed by atoms with van der Waals surface area (Å²) in [4.78, 5) is 11.7. The summed E-state index contributed by atoms with van der Waals surface area (Å²) >= 11 is 0. The van der Waals surface area contributed by atoms with Gasteiger partial charge < -0.3 is 4.74 Å². The van der Waals surface area contributed by atoms with Gasteiger partial charge in [0.1, 0.15) is 5.78 Å². The number of ether oxygens (including phenoxy) is 1. The van der Waals surface area contributed by atoms with Gasteiger partial charge in [0.2, 0.25) is 0 Å². The van der Waals surface area contributed by atoms with Gasteiger partial charge in [-0.3, -0.25) is 4.79 Å². The Labute approximate surface area is 96.6 Å². The normalized spacial score (nSPS) is 19.9. The molecule has 1 aromatic rings. The summed E-state index contributed by atoms with van der Waals surface area (Å²) in [6.45, 7) is 0.830. The summed E-state index contributed by atoms with van der Waals surface area (Å²) in [6.07, 6.45) is 4.46. The van der Waals surface area contributed by atoms with E-state index in [9.17, 15) is 4.79 Å². The van der Waals surface area contributed by atoms with E-state index in [1.807, 2.05) is 18.2 Å². The van der Waals surface area contributed by atoms with E-state index in [1.54, 1.807) is 0 Å². The van der Waals surface area contributed by atoms with Crippen molar-refractivity contribution in [3.8, 4) is 0 Å². The molecule has 1 atom stereocenters. The summed E-state index contributed by atoms with van der Waals surface area (Å²) in [7, 11) is 0. The van der Waals surface area contributed by atoms with Crippen molar-refractivity contribution in [3.05, 3.63) is 35.9 Å². The topological polar surface area (TPSA) is 26.3 Å². The molecule has 86 valence electrons. The quantitative estimate of drug-likeness (QED) is 0.759. The molecule has 0 N–H and O–H groups in total. The summed E-state index contributed by atoms with van der Waals surface area (Å²) in [6, 6.07) is 10.2. The maximum Gasteiger partial charge on any atom is 0.135 e. The van der Waals surface area contributed by atoms with Crippen molar-refractivity contribution in [2.45, 2.75) is 38.2 Å². The summed E-state index contributed by atoms with van der Waals surface area (Å²) in [5.41, 5.74) is 1.24. The molecule has 2 rings (SSSR count). The largest absolute Gasteiger partial charge is 0.378 e. The molecule has 0 spiro atoms. The number of carbonyl (C=O) groups is 1. The predicted molar refractivity (Wildman–Crippen MR) is 63.4 cm³/mol. The molecule has 0 aliphatic carbocycles. The number of rotatable bonds is 5. The third kappa shape index (κ3) is 3.46. The molecule has 1 aliphatic heterocycles. The number of benzene rings is 1. The highest BCUT2D eigenvalue weighted by Crippen LogP contribution is 2.16. The van der Waals surface area contributed by atoms with Crippen molar-refractivity contribution in [1.82, 2.24) is 0 Å². The molecule has 1 unspecified atom stereocenters. The molecule has 0 radical (unpaired) electrons. The SMILES string of the molecule is O=C(CCc1ccccc1)CC1CCCO1. The van der Waals surface area contributed by atoms with Crippen LogP contribution in [0.15, 0.2) is 30.3 Å². The van der Waals surface area contributed by atoms with Crippen molar-refractivity contribution in [2.75, 3.05) is 6.61 Å². The zero-order valence-electron chi connectivity index (χ0n) is 9.52. The van der Waals surface area contributed by atoms with Gasteiger partial charge in [0.05, 0.1) is 6.10 Å². The van der Waals surface area contributed by atoms with Gasteiger partial charge in [-0.25, -0.2) is 0 Å². The van der Waals surface area contributed by atoms with E-state index in [4.69, 9.17) is 4.74 Å². The highest BCUT2D eigenvalue weighted by Gasteiger charge is 2.18. The fourth-order valence-electron chi connectivity index (χ4n) is 2.09. The summed E-state index contributed by atoms with van der Waals surface area (Å²) in [5, 5.41) is 0. The molecule has 0 saturated carbocycles. The van der Waals surface area contributed by atoms with Gasteiger partial charge in [0, 0.05) is 19.4 Å². The molecule has 1 heterocycles. The van der Waals surface area contributed by atoms with Gasteiger partial charge in [-0.1, -0.05) is 30.3 Å². The van der Waals surface area contributed by atoms with Crippen LogP contribution in [0.3, 0.4) is 0 Å². The lowest BCUT2D eigenvalue weighted by Crippen LogP contribution is -2.12. The van der Waals surface area contributed by atoms with Crippen molar-refractivity contribution in [1.29, 1.82) is 0 Å². The third-order valence-corrected chi connectivity index (χ3v) is 3.01. The Morgan fingerprint density at radius 2 is 2.12 bits per heavy atom. The Hall–Kier alpha value is -1.15. The van der Waals surface area contributed by atoms with Crippen LogP contribution in [0.2, 0.25) is 0 Å². The first-order valence-electron chi connectivity index (χ1n) is 6.02. The number of carbonyl (C=O) groups excluding carboxylic acids is 1. The monoisotopic (exact) mass is 218 g/mol. The smallest absolute Gasteiger partial charge is 0.135 e. The van der Waals surface area contributed by atoms with E-state index >= 15 is 0 Å². The van der Waals surface area contributed by atoms with Crippen LogP contribution in [-0.4, -0.2) is 18.5 Å². The first-order valence-corrected chi connectivity index (χ1v) is 6.02. The van der Waals surface area contributed by atoms with E-state index < -0.39 is 0 Å². The van der Waals surface area contributed by atoms with E-state index in [1.165, 1.54) is 5.56 Å². The molecule has 0 aromatic heterocycles. The van der Waals surface area contributed by atoms with Crippen LogP contribution in [0, 0.1) is 0 Å². The zero-order valence-corrected chi connectivity index (χ0v) is 9.52. The van der Waals surface area contributed by atoms with Gasteiger partial charge in [0.25, 0.3) is 0 Å². The summed E-state index contributed by atoms with van der Waals surface area (Å²) in [5.74, 6) is 0.329. The van der Waals surface area contributed by atoms with Crippen molar-refractivity contribution < 1.29 is 9.53 Å². The average Bonchev–Trinajstić information content (AvgIpc) is 2.81. The number of aryl methyl sites for hydroxylation is 1. The lowest BCUT2D eigenvalue weighted by molar-refractivity contribution is -0.121. The zero-order chi connectivity index (χ0) is 11.2. The average molecular weight is 218 g/mol. The third-order valence-electron chi connectivity index (χ3n) is 3.01. The molecule has 2 heteroatoms. The number of hydrogen-bond acceptors (Lipinski definition) is 2. The predicted octanol–water partition coefficient (Wildman–Crippen LogP) is 2.76. The highest BCUT2D eigenvalue weighted by atomic mass is 16.5. The van der Waals surface area contributed by atoms with E-state index in [0.29, 0.717) is 18.6 Å². The van der Waals surface area contributed by atoms with Gasteiger partial charge in [-0.05, 0) is 24.8 Å². The van der Waals surface area contributed by atoms with Crippen LogP contribution in [0.4, 0.5) is 0 Å². The van der Waals surface area contributed by atoms with E-state index in [-0.39, 0.29) is 6.10 Å². The first-order chi connectivity index (χ1) is 7.84. The van der Waals surface area contributed by atoms with Crippen LogP contribution in [0.5, 0.6) is 0 Å². The van der Waals surface area contributed by atoms with Gasteiger partial charge in [-0.15, -0.1) is 0 Å². The maximum absolute atomic E-state index is 11.7. The molecule has 1 aromatic carbocycles. The minimum atomic E-state index is 0.197. The van der Waals surface area contributed by atoms with Crippen molar-refractivity contribution in [2.24, 2.45) is 0 Å². The van der Waals surface area contributed by atoms with Crippen LogP contribution >= 0.6 is 0 Å². The molecule has 1 saturated heterocycles. The first kappa shape index (κ1) is 11.3. The molecular formula is C14H18O2. The lowest BCUT2D eigenvalue weighted by atomic mass is 10.0. The fourth-order valence-corrected chi connectivity index (χ4v) is 2.09. The minimum absolute atomic E-state index is 0.197. The van der Waals surface area contributed by atoms with Crippen molar-refractivity contribution >= 4 is 5.78 Å². The molecule has 0 amide bonds. The lowest BCUT2D eigenvalue weighted by Gasteiger charge is -2.07. The maximum atomic E-state index is 11.7. The molecule has 1 fully saturated rings. The second kappa shape index (κ2) is 5.80. The molecular weight excluding hydrogens is 200 g/mol. The van der Waals surface area contributed by atoms with E-state index in [2.05, 4.69) is 12.1 Å². The Bertz CT molecular complexity index is 326. The Morgan fingerprint density at radius 1 is 1.31 bits per heavy atom. The Kier molecular flexibility index (Phi) is 4.11. The molecule has 2 nitrogen and oxygen atoms in total. The standard InChI is InChI=1S/C14H18O2/c15-13(11-14-7-4-10-16-14)9-8-12-5-2-1-3-6-12/h1-3,5-6,14H,4,7-11H2. The number of ketones is 1. The summed E-state index contributed by atoms with van der Waals surface area (Å²) < 4.78 is 5.45. The Morgan fingerprint density at radius 3 is 2.81 bits per heavy atom. The van der Waals surface area contributed by atoms with Gasteiger partial charge in [-0.2, -0.15) is 0 Å².